The number of benzene rings is 1. The first kappa shape index (κ1) is 11.2. The van der Waals surface area contributed by atoms with E-state index in [-0.39, 0.29) is 0 Å². The molecule has 0 aromatic heterocycles. The van der Waals surface area contributed by atoms with Gasteiger partial charge in [-0.25, -0.2) is 0 Å². The summed E-state index contributed by atoms with van der Waals surface area (Å²) in [5.41, 5.74) is 1.44. The van der Waals surface area contributed by atoms with Crippen molar-refractivity contribution in [2.45, 2.75) is 12.6 Å². The molecule has 2 saturated heterocycles. The van der Waals surface area contributed by atoms with Gasteiger partial charge in [0.15, 0.2) is 0 Å². The summed E-state index contributed by atoms with van der Waals surface area (Å²) in [4.78, 5) is 5.20. The summed E-state index contributed by atoms with van der Waals surface area (Å²) in [5.74, 6) is 0. The van der Waals surface area contributed by atoms with Crippen LogP contribution < -0.4 is 5.32 Å². The van der Waals surface area contributed by atoms with Gasteiger partial charge in [0, 0.05) is 51.9 Å². The van der Waals surface area contributed by atoms with Crippen LogP contribution in [-0.4, -0.2) is 55.1 Å². The third-order valence-corrected chi connectivity index (χ3v) is 3.93. The van der Waals surface area contributed by atoms with Crippen molar-refractivity contribution in [1.29, 1.82) is 0 Å². The molecular formula is C14H21N3. The molecule has 3 rings (SSSR count). The lowest BCUT2D eigenvalue weighted by Gasteiger charge is -2.43. The number of nitrogens with zero attached hydrogens (tertiary/aromatic N) is 2. The van der Waals surface area contributed by atoms with E-state index in [0.29, 0.717) is 0 Å². The fourth-order valence-electron chi connectivity index (χ4n) is 2.66. The number of hydrogen-bond acceptors (Lipinski definition) is 3. The molecule has 0 amide bonds. The summed E-state index contributed by atoms with van der Waals surface area (Å²) in [6.45, 7) is 8.39. The fourth-order valence-corrected chi connectivity index (χ4v) is 2.66. The maximum Gasteiger partial charge on any atom is 0.0346 e. The highest BCUT2D eigenvalue weighted by molar-refractivity contribution is 5.14. The second kappa shape index (κ2) is 5.17. The zero-order valence-corrected chi connectivity index (χ0v) is 10.3. The first-order valence-corrected chi connectivity index (χ1v) is 6.63. The van der Waals surface area contributed by atoms with Gasteiger partial charge in [0.2, 0.25) is 0 Å². The predicted molar refractivity (Wildman–Crippen MR) is 69.9 cm³/mol. The van der Waals surface area contributed by atoms with Crippen molar-refractivity contribution in [3.63, 3.8) is 0 Å². The average molecular weight is 231 g/mol. The predicted octanol–water partition coefficient (Wildman–Crippen LogP) is 0.776. The number of rotatable bonds is 3. The Morgan fingerprint density at radius 2 is 1.71 bits per heavy atom. The summed E-state index contributed by atoms with van der Waals surface area (Å²) in [5, 5.41) is 3.35. The molecule has 0 bridgehead atoms. The molecule has 1 aromatic rings. The van der Waals surface area contributed by atoms with E-state index in [9.17, 15) is 0 Å². The molecule has 0 saturated carbocycles. The first-order valence-electron chi connectivity index (χ1n) is 6.63. The van der Waals surface area contributed by atoms with Crippen LogP contribution >= 0.6 is 0 Å². The monoisotopic (exact) mass is 231 g/mol. The van der Waals surface area contributed by atoms with E-state index in [1.54, 1.807) is 0 Å². The van der Waals surface area contributed by atoms with Gasteiger partial charge in [-0.1, -0.05) is 30.3 Å². The van der Waals surface area contributed by atoms with Crippen LogP contribution in [0.4, 0.5) is 0 Å². The van der Waals surface area contributed by atoms with E-state index in [1.807, 2.05) is 0 Å². The minimum atomic E-state index is 0.814. The molecule has 0 radical (unpaired) electrons. The van der Waals surface area contributed by atoms with E-state index in [2.05, 4.69) is 45.4 Å². The van der Waals surface area contributed by atoms with Gasteiger partial charge in [0.05, 0.1) is 0 Å². The van der Waals surface area contributed by atoms with Gasteiger partial charge in [-0.2, -0.15) is 0 Å². The van der Waals surface area contributed by atoms with Gasteiger partial charge >= 0.3 is 0 Å². The maximum atomic E-state index is 3.35. The molecule has 2 aliphatic heterocycles. The Morgan fingerprint density at radius 1 is 1.00 bits per heavy atom. The highest BCUT2D eigenvalue weighted by Gasteiger charge is 2.27. The van der Waals surface area contributed by atoms with Gasteiger partial charge in [0.1, 0.15) is 0 Å². The molecule has 92 valence electrons. The Labute approximate surface area is 103 Å². The minimum absolute atomic E-state index is 0.814. The summed E-state index contributed by atoms with van der Waals surface area (Å²) < 4.78 is 0. The second-order valence-electron chi connectivity index (χ2n) is 5.11. The molecule has 2 fully saturated rings. The summed E-state index contributed by atoms with van der Waals surface area (Å²) in [6.07, 6.45) is 0. The fraction of sp³-hybridized carbons (Fsp3) is 0.571. The van der Waals surface area contributed by atoms with Gasteiger partial charge < -0.3 is 5.32 Å². The highest BCUT2D eigenvalue weighted by atomic mass is 15.3. The Morgan fingerprint density at radius 3 is 2.29 bits per heavy atom. The van der Waals surface area contributed by atoms with Gasteiger partial charge in [0.25, 0.3) is 0 Å². The van der Waals surface area contributed by atoms with Crippen molar-refractivity contribution >= 4 is 0 Å². The molecule has 3 nitrogen and oxygen atoms in total. The number of nitrogens with one attached hydrogen (secondary N) is 1. The molecule has 3 heteroatoms. The van der Waals surface area contributed by atoms with Gasteiger partial charge in [-0.3, -0.25) is 9.80 Å². The molecule has 2 aliphatic rings. The third kappa shape index (κ3) is 2.68. The standard InChI is InChI=1S/C14H21N3/c1-2-4-13(5-3-1)12-16-6-8-17(9-7-16)14-10-15-11-14/h1-5,14-15H,6-12H2. The summed E-state index contributed by atoms with van der Waals surface area (Å²) >= 11 is 0. The number of piperazine rings is 1. The Bertz CT molecular complexity index is 340. The van der Waals surface area contributed by atoms with E-state index in [0.717, 1.165) is 12.6 Å². The van der Waals surface area contributed by atoms with Crippen LogP contribution in [0.2, 0.25) is 0 Å². The molecule has 0 atom stereocenters. The zero-order valence-electron chi connectivity index (χ0n) is 10.3. The van der Waals surface area contributed by atoms with Crippen LogP contribution in [-0.2, 0) is 6.54 Å². The molecular weight excluding hydrogens is 210 g/mol. The molecule has 0 aliphatic carbocycles. The van der Waals surface area contributed by atoms with Crippen molar-refractivity contribution in [2.75, 3.05) is 39.3 Å². The van der Waals surface area contributed by atoms with Crippen molar-refractivity contribution in [2.24, 2.45) is 0 Å². The van der Waals surface area contributed by atoms with E-state index < -0.39 is 0 Å². The van der Waals surface area contributed by atoms with Crippen molar-refractivity contribution in [3.05, 3.63) is 35.9 Å². The van der Waals surface area contributed by atoms with Gasteiger partial charge in [-0.05, 0) is 5.56 Å². The summed E-state index contributed by atoms with van der Waals surface area (Å²) in [7, 11) is 0. The van der Waals surface area contributed by atoms with E-state index >= 15 is 0 Å². The van der Waals surface area contributed by atoms with Crippen LogP contribution in [0.15, 0.2) is 30.3 Å². The van der Waals surface area contributed by atoms with Crippen LogP contribution in [0.1, 0.15) is 5.56 Å². The average Bonchev–Trinajstić information content (AvgIpc) is 2.31. The summed E-state index contributed by atoms with van der Waals surface area (Å²) in [6, 6.07) is 11.6. The van der Waals surface area contributed by atoms with Crippen LogP contribution in [0.3, 0.4) is 0 Å². The Balaban J connectivity index is 1.48. The number of hydrogen-bond donors (Lipinski definition) is 1. The van der Waals surface area contributed by atoms with Gasteiger partial charge in [-0.15, -0.1) is 0 Å². The van der Waals surface area contributed by atoms with Crippen molar-refractivity contribution < 1.29 is 0 Å². The molecule has 0 spiro atoms. The lowest BCUT2D eigenvalue weighted by Crippen LogP contribution is -2.61. The Hall–Kier alpha value is -0.900. The topological polar surface area (TPSA) is 18.5 Å². The lowest BCUT2D eigenvalue weighted by molar-refractivity contribution is 0.0696. The molecule has 1 aromatic carbocycles. The van der Waals surface area contributed by atoms with E-state index in [1.165, 1.54) is 44.8 Å². The quantitative estimate of drug-likeness (QED) is 0.829. The molecule has 2 heterocycles. The normalized spacial score (nSPS) is 23.5. The second-order valence-corrected chi connectivity index (χ2v) is 5.11. The molecule has 17 heavy (non-hydrogen) atoms. The van der Waals surface area contributed by atoms with E-state index in [4.69, 9.17) is 0 Å². The Kier molecular flexibility index (Phi) is 3.41. The SMILES string of the molecule is c1ccc(CN2CCN(C3CNC3)CC2)cc1. The lowest BCUT2D eigenvalue weighted by atomic mass is 10.1. The largest absolute Gasteiger partial charge is 0.314 e. The van der Waals surface area contributed by atoms with Crippen LogP contribution in [0.25, 0.3) is 0 Å². The maximum absolute atomic E-state index is 3.35. The van der Waals surface area contributed by atoms with Crippen LogP contribution in [0, 0.1) is 0 Å². The molecule has 0 unspecified atom stereocenters. The smallest absolute Gasteiger partial charge is 0.0346 e. The highest BCUT2D eigenvalue weighted by Crippen LogP contribution is 2.12. The van der Waals surface area contributed by atoms with Crippen molar-refractivity contribution in [3.8, 4) is 0 Å². The third-order valence-electron chi connectivity index (χ3n) is 3.93. The first-order chi connectivity index (χ1) is 8.42. The van der Waals surface area contributed by atoms with Crippen molar-refractivity contribution in [1.82, 2.24) is 15.1 Å². The van der Waals surface area contributed by atoms with Crippen LogP contribution in [0.5, 0.6) is 0 Å². The zero-order chi connectivity index (χ0) is 11.5. The minimum Gasteiger partial charge on any atom is -0.314 e. The molecule has 1 N–H and O–H groups in total.